The fourth-order valence-corrected chi connectivity index (χ4v) is 3.99. The molecule has 0 amide bonds. The normalized spacial score (nSPS) is 15.2. The molecule has 1 aromatic carbocycles. The molecule has 0 spiro atoms. The molecule has 0 aliphatic heterocycles. The van der Waals surface area contributed by atoms with Crippen LogP contribution >= 0.6 is 23.1 Å². The second-order valence-corrected chi connectivity index (χ2v) is 6.67. The van der Waals surface area contributed by atoms with E-state index in [-0.39, 0.29) is 0 Å². The molecule has 4 nitrogen and oxygen atoms in total. The van der Waals surface area contributed by atoms with Crippen molar-refractivity contribution in [3.05, 3.63) is 35.6 Å². The predicted molar refractivity (Wildman–Crippen MR) is 77.5 cm³/mol. The summed E-state index contributed by atoms with van der Waals surface area (Å²) in [4.78, 5) is 4.64. The van der Waals surface area contributed by atoms with Crippen LogP contribution < -0.4 is 0 Å². The zero-order chi connectivity index (χ0) is 12.7. The maximum Gasteiger partial charge on any atom is 0.191 e. The number of thioether (sulfide) groups is 1. The molecule has 1 saturated carbocycles. The third-order valence-corrected chi connectivity index (χ3v) is 5.33. The number of aromatic nitrogens is 4. The van der Waals surface area contributed by atoms with Gasteiger partial charge in [-0.25, -0.2) is 4.98 Å². The maximum atomic E-state index is 4.64. The van der Waals surface area contributed by atoms with Crippen LogP contribution in [0.25, 0.3) is 10.2 Å². The largest absolute Gasteiger partial charge is 0.306 e. The van der Waals surface area contributed by atoms with Gasteiger partial charge in [-0.05, 0) is 25.0 Å². The van der Waals surface area contributed by atoms with Crippen molar-refractivity contribution in [1.82, 2.24) is 19.7 Å². The summed E-state index contributed by atoms with van der Waals surface area (Å²) in [6.07, 6.45) is 4.36. The van der Waals surface area contributed by atoms with Crippen LogP contribution in [0.4, 0.5) is 0 Å². The monoisotopic (exact) mass is 288 g/mol. The SMILES string of the molecule is c1ccc2sc(CSc3nncn3C3CC3)nc2c1. The summed E-state index contributed by atoms with van der Waals surface area (Å²) in [6.45, 7) is 0. The Labute approximate surface area is 118 Å². The number of hydrogen-bond donors (Lipinski definition) is 0. The highest BCUT2D eigenvalue weighted by Crippen LogP contribution is 2.38. The highest BCUT2D eigenvalue weighted by molar-refractivity contribution is 7.98. The van der Waals surface area contributed by atoms with Crippen LogP contribution in [0, 0.1) is 0 Å². The van der Waals surface area contributed by atoms with Crippen molar-refractivity contribution in [3.63, 3.8) is 0 Å². The quantitative estimate of drug-likeness (QED) is 0.689. The number of benzene rings is 1. The van der Waals surface area contributed by atoms with Gasteiger partial charge in [-0.1, -0.05) is 23.9 Å². The number of thiazole rings is 1. The first-order valence-corrected chi connectivity index (χ1v) is 8.07. The first kappa shape index (κ1) is 11.4. The number of nitrogens with zero attached hydrogens (tertiary/aromatic N) is 4. The molecule has 0 unspecified atom stereocenters. The molecular formula is C13H12N4S2. The van der Waals surface area contributed by atoms with Crippen LogP contribution in [-0.2, 0) is 5.75 Å². The molecule has 0 radical (unpaired) electrons. The summed E-state index contributed by atoms with van der Waals surface area (Å²) in [5.41, 5.74) is 1.09. The predicted octanol–water partition coefficient (Wildman–Crippen LogP) is 3.52. The van der Waals surface area contributed by atoms with Crippen molar-refractivity contribution in [1.29, 1.82) is 0 Å². The molecular weight excluding hydrogens is 276 g/mol. The average Bonchev–Trinajstić information content (AvgIpc) is 3.03. The Balaban J connectivity index is 1.53. The van der Waals surface area contributed by atoms with Gasteiger partial charge in [-0.2, -0.15) is 0 Å². The van der Waals surface area contributed by atoms with Gasteiger partial charge in [0, 0.05) is 6.04 Å². The van der Waals surface area contributed by atoms with Crippen LogP contribution in [-0.4, -0.2) is 19.7 Å². The van der Waals surface area contributed by atoms with E-state index < -0.39 is 0 Å². The molecule has 0 atom stereocenters. The lowest BCUT2D eigenvalue weighted by Crippen LogP contribution is -1.94. The summed E-state index contributed by atoms with van der Waals surface area (Å²) >= 11 is 3.49. The molecule has 0 saturated heterocycles. The van der Waals surface area contributed by atoms with Gasteiger partial charge in [0.15, 0.2) is 5.16 Å². The lowest BCUT2D eigenvalue weighted by atomic mass is 10.3. The minimum atomic E-state index is 0.632. The standard InChI is InChI=1S/C13H12N4S2/c1-2-4-11-10(3-1)15-12(19-11)7-18-13-16-14-8-17(13)9-5-6-9/h1-4,8-9H,5-7H2. The van der Waals surface area contributed by atoms with Gasteiger partial charge in [-0.3, -0.25) is 0 Å². The molecule has 3 aromatic rings. The molecule has 96 valence electrons. The number of para-hydroxylation sites is 1. The Morgan fingerprint density at radius 2 is 2.21 bits per heavy atom. The van der Waals surface area contributed by atoms with E-state index in [0.717, 1.165) is 21.4 Å². The van der Waals surface area contributed by atoms with Crippen molar-refractivity contribution < 1.29 is 0 Å². The van der Waals surface area contributed by atoms with Crippen LogP contribution in [0.2, 0.25) is 0 Å². The van der Waals surface area contributed by atoms with E-state index in [4.69, 9.17) is 0 Å². The van der Waals surface area contributed by atoms with Crippen LogP contribution in [0.15, 0.2) is 35.7 Å². The van der Waals surface area contributed by atoms with Gasteiger partial charge in [0.1, 0.15) is 11.3 Å². The molecule has 1 aliphatic rings. The summed E-state index contributed by atoms with van der Waals surface area (Å²) in [5, 5.41) is 10.4. The zero-order valence-electron chi connectivity index (χ0n) is 10.2. The Kier molecular flexibility index (Phi) is 2.77. The third kappa shape index (κ3) is 2.26. The number of hydrogen-bond acceptors (Lipinski definition) is 5. The van der Waals surface area contributed by atoms with Crippen LogP contribution in [0.1, 0.15) is 23.9 Å². The van der Waals surface area contributed by atoms with E-state index in [1.165, 1.54) is 17.5 Å². The first-order chi connectivity index (χ1) is 9.40. The molecule has 1 aliphatic carbocycles. The molecule has 4 rings (SSSR count). The average molecular weight is 288 g/mol. The molecule has 6 heteroatoms. The van der Waals surface area contributed by atoms with Crippen LogP contribution in [0.5, 0.6) is 0 Å². The van der Waals surface area contributed by atoms with E-state index in [2.05, 4.69) is 37.9 Å². The van der Waals surface area contributed by atoms with E-state index >= 15 is 0 Å². The summed E-state index contributed by atoms with van der Waals surface area (Å²) in [5.74, 6) is 0.866. The topological polar surface area (TPSA) is 43.6 Å². The van der Waals surface area contributed by atoms with Gasteiger partial charge in [0.2, 0.25) is 0 Å². The van der Waals surface area contributed by atoms with E-state index in [1.54, 1.807) is 23.1 Å². The van der Waals surface area contributed by atoms with Crippen molar-refractivity contribution in [2.75, 3.05) is 0 Å². The lowest BCUT2D eigenvalue weighted by molar-refractivity contribution is 0.663. The van der Waals surface area contributed by atoms with Gasteiger partial charge >= 0.3 is 0 Å². The minimum absolute atomic E-state index is 0.632. The highest BCUT2D eigenvalue weighted by atomic mass is 32.2. The molecule has 0 N–H and O–H groups in total. The smallest absolute Gasteiger partial charge is 0.191 e. The van der Waals surface area contributed by atoms with Crippen molar-refractivity contribution in [2.45, 2.75) is 29.8 Å². The highest BCUT2D eigenvalue weighted by Gasteiger charge is 2.26. The fraction of sp³-hybridized carbons (Fsp3) is 0.308. The number of fused-ring (bicyclic) bond motifs is 1. The van der Waals surface area contributed by atoms with Gasteiger partial charge in [0.25, 0.3) is 0 Å². The van der Waals surface area contributed by atoms with E-state index in [9.17, 15) is 0 Å². The zero-order valence-corrected chi connectivity index (χ0v) is 11.8. The first-order valence-electron chi connectivity index (χ1n) is 6.27. The van der Waals surface area contributed by atoms with Gasteiger partial charge in [-0.15, -0.1) is 21.5 Å². The van der Waals surface area contributed by atoms with Gasteiger partial charge in [0.05, 0.1) is 16.0 Å². The van der Waals surface area contributed by atoms with E-state index in [0.29, 0.717) is 6.04 Å². The molecule has 19 heavy (non-hydrogen) atoms. The Bertz CT molecular complexity index is 681. The third-order valence-electron chi connectivity index (χ3n) is 3.14. The van der Waals surface area contributed by atoms with Crippen molar-refractivity contribution >= 4 is 33.3 Å². The van der Waals surface area contributed by atoms with Crippen LogP contribution in [0.3, 0.4) is 0 Å². The summed E-state index contributed by atoms with van der Waals surface area (Å²) in [6, 6.07) is 8.90. The maximum absolute atomic E-state index is 4.64. The summed E-state index contributed by atoms with van der Waals surface area (Å²) in [7, 11) is 0. The Morgan fingerprint density at radius 3 is 3.05 bits per heavy atom. The lowest BCUT2D eigenvalue weighted by Gasteiger charge is -2.01. The molecule has 2 heterocycles. The van der Waals surface area contributed by atoms with Crippen molar-refractivity contribution in [2.24, 2.45) is 0 Å². The van der Waals surface area contributed by atoms with E-state index in [1.807, 2.05) is 12.4 Å². The molecule has 2 aromatic heterocycles. The fourth-order valence-electron chi connectivity index (χ4n) is 2.05. The number of rotatable bonds is 4. The van der Waals surface area contributed by atoms with Crippen molar-refractivity contribution in [3.8, 4) is 0 Å². The minimum Gasteiger partial charge on any atom is -0.306 e. The Hall–Kier alpha value is -1.40. The Morgan fingerprint density at radius 1 is 1.32 bits per heavy atom. The summed E-state index contributed by atoms with van der Waals surface area (Å²) < 4.78 is 3.44. The second kappa shape index (κ2) is 4.61. The second-order valence-electron chi connectivity index (χ2n) is 4.62. The molecule has 0 bridgehead atoms. The van der Waals surface area contributed by atoms with Gasteiger partial charge < -0.3 is 4.57 Å². The molecule has 1 fully saturated rings.